The number of carbonyl (C=O) groups excluding carboxylic acids is 2. The highest BCUT2D eigenvalue weighted by atomic mass is 16.6. The number of esters is 1. The average molecular weight is 374 g/mol. The van der Waals surface area contributed by atoms with Gasteiger partial charge in [0.2, 0.25) is 0 Å². The van der Waals surface area contributed by atoms with Crippen molar-refractivity contribution in [3.8, 4) is 0 Å². The summed E-state index contributed by atoms with van der Waals surface area (Å²) in [6, 6.07) is 5.46. The van der Waals surface area contributed by atoms with Gasteiger partial charge in [-0.25, -0.2) is 4.79 Å². The maximum atomic E-state index is 12.4. The van der Waals surface area contributed by atoms with Gasteiger partial charge in [-0.15, -0.1) is 0 Å². The fraction of sp³-hybridized carbons (Fsp3) is 0.389. The highest BCUT2D eigenvalue weighted by molar-refractivity contribution is 5.98. The third-order valence-corrected chi connectivity index (χ3v) is 4.01. The fourth-order valence-electron chi connectivity index (χ4n) is 2.67. The van der Waals surface area contributed by atoms with Crippen molar-refractivity contribution in [1.29, 1.82) is 0 Å². The number of carbonyl (C=O) groups is 2. The summed E-state index contributed by atoms with van der Waals surface area (Å²) in [5.41, 5.74) is 1.59. The molecule has 1 heterocycles. The molecule has 0 fully saturated rings. The van der Waals surface area contributed by atoms with E-state index in [4.69, 9.17) is 0 Å². The molecule has 1 amide bonds. The molecule has 0 bridgehead atoms. The molecule has 1 aromatic heterocycles. The second kappa shape index (κ2) is 8.43. The van der Waals surface area contributed by atoms with Crippen LogP contribution >= 0.6 is 0 Å². The van der Waals surface area contributed by atoms with Crippen molar-refractivity contribution < 1.29 is 19.2 Å². The summed E-state index contributed by atoms with van der Waals surface area (Å²) in [6.07, 6.45) is 0. The molecule has 9 nitrogen and oxygen atoms in total. The molecule has 9 heteroatoms. The molecular weight excluding hydrogens is 352 g/mol. The van der Waals surface area contributed by atoms with Gasteiger partial charge in [-0.2, -0.15) is 5.10 Å². The Morgan fingerprint density at radius 1 is 1.26 bits per heavy atom. The number of aromatic nitrogens is 2. The smallest absolute Gasteiger partial charge is 0.338 e. The van der Waals surface area contributed by atoms with Crippen LogP contribution in [-0.2, 0) is 11.3 Å². The van der Waals surface area contributed by atoms with Crippen LogP contribution in [0.2, 0.25) is 0 Å². The number of nitrogens with one attached hydrogen (secondary N) is 1. The average Bonchev–Trinajstić information content (AvgIpc) is 2.95. The van der Waals surface area contributed by atoms with Crippen LogP contribution < -0.4 is 5.32 Å². The summed E-state index contributed by atoms with van der Waals surface area (Å²) >= 11 is 0. The third-order valence-electron chi connectivity index (χ3n) is 4.01. The Hall–Kier alpha value is -3.23. The van der Waals surface area contributed by atoms with Gasteiger partial charge in [0.1, 0.15) is 0 Å². The van der Waals surface area contributed by atoms with Gasteiger partial charge in [0, 0.05) is 36.5 Å². The molecule has 27 heavy (non-hydrogen) atoms. The van der Waals surface area contributed by atoms with E-state index in [1.165, 1.54) is 13.2 Å². The number of nitro groups is 1. The lowest BCUT2D eigenvalue weighted by atomic mass is 10.1. The van der Waals surface area contributed by atoms with Gasteiger partial charge in [0.05, 0.1) is 23.3 Å². The van der Waals surface area contributed by atoms with Gasteiger partial charge in [0.15, 0.2) is 0 Å². The molecule has 0 radical (unpaired) electrons. The molecule has 0 saturated heterocycles. The Labute approximate surface area is 156 Å². The lowest BCUT2D eigenvalue weighted by molar-refractivity contribution is -0.384. The van der Waals surface area contributed by atoms with Crippen molar-refractivity contribution >= 4 is 17.6 Å². The van der Waals surface area contributed by atoms with Crippen LogP contribution in [0, 0.1) is 29.9 Å². The second-order valence-electron chi connectivity index (χ2n) is 6.44. The van der Waals surface area contributed by atoms with Gasteiger partial charge in [-0.3, -0.25) is 19.6 Å². The van der Waals surface area contributed by atoms with E-state index in [2.05, 4.69) is 15.2 Å². The number of benzene rings is 1. The number of amides is 1. The normalized spacial score (nSPS) is 11.7. The molecule has 0 aliphatic heterocycles. The molecule has 1 aromatic carbocycles. The van der Waals surface area contributed by atoms with E-state index < -0.39 is 16.8 Å². The molecule has 0 spiro atoms. The van der Waals surface area contributed by atoms with Gasteiger partial charge in [-0.05, 0) is 31.9 Å². The van der Waals surface area contributed by atoms with Crippen molar-refractivity contribution in [2.24, 2.45) is 5.92 Å². The van der Waals surface area contributed by atoms with Gasteiger partial charge in [-0.1, -0.05) is 6.92 Å². The van der Waals surface area contributed by atoms with Gasteiger partial charge >= 0.3 is 5.97 Å². The first-order chi connectivity index (χ1) is 12.7. The van der Waals surface area contributed by atoms with Crippen LogP contribution in [0.1, 0.15) is 39.0 Å². The van der Waals surface area contributed by atoms with Crippen LogP contribution in [0.15, 0.2) is 24.3 Å². The number of hydrogen-bond donors (Lipinski definition) is 1. The molecule has 2 rings (SSSR count). The molecule has 0 aliphatic carbocycles. The first-order valence-electron chi connectivity index (χ1n) is 8.38. The number of methoxy groups -OCH3 is 1. The Balaban J connectivity index is 2.08. The number of nitrogens with zero attached hydrogens (tertiary/aromatic N) is 3. The van der Waals surface area contributed by atoms with Crippen molar-refractivity contribution in [3.05, 3.63) is 56.9 Å². The minimum absolute atomic E-state index is 0.0305. The molecule has 1 atom stereocenters. The fourth-order valence-corrected chi connectivity index (χ4v) is 2.67. The molecule has 0 saturated carbocycles. The largest absolute Gasteiger partial charge is 0.465 e. The van der Waals surface area contributed by atoms with E-state index in [1.807, 2.05) is 31.5 Å². The lowest BCUT2D eigenvalue weighted by Gasteiger charge is -2.14. The Morgan fingerprint density at radius 2 is 1.93 bits per heavy atom. The number of rotatable bonds is 7. The van der Waals surface area contributed by atoms with E-state index >= 15 is 0 Å². The van der Waals surface area contributed by atoms with E-state index in [-0.39, 0.29) is 22.7 Å². The SMILES string of the molecule is COC(=O)c1cc(C(=O)NCC(C)Cn2nc(C)cc2C)cc([N+](=O)[O-])c1. The zero-order valence-electron chi connectivity index (χ0n) is 15.7. The number of nitro benzene ring substituents is 1. The highest BCUT2D eigenvalue weighted by Crippen LogP contribution is 2.18. The highest BCUT2D eigenvalue weighted by Gasteiger charge is 2.19. The minimum atomic E-state index is -0.745. The van der Waals surface area contributed by atoms with Crippen LogP contribution in [0.25, 0.3) is 0 Å². The lowest BCUT2D eigenvalue weighted by Crippen LogP contribution is -2.30. The summed E-state index contributed by atoms with van der Waals surface area (Å²) in [7, 11) is 1.17. The zero-order chi connectivity index (χ0) is 20.1. The molecular formula is C18H22N4O5. The Morgan fingerprint density at radius 3 is 2.48 bits per heavy atom. The standard InChI is InChI=1S/C18H22N4O5/c1-11(10-21-13(3)5-12(2)20-21)9-19-17(23)14-6-15(18(24)27-4)8-16(7-14)22(25)26/h5-8,11H,9-10H2,1-4H3,(H,19,23). The summed E-state index contributed by atoms with van der Waals surface area (Å²) in [5, 5.41) is 18.2. The molecule has 1 N–H and O–H groups in total. The number of hydrogen-bond acceptors (Lipinski definition) is 6. The third kappa shape index (κ3) is 5.13. The van der Waals surface area contributed by atoms with Crippen LogP contribution in [0.4, 0.5) is 5.69 Å². The number of aryl methyl sites for hydroxylation is 2. The first-order valence-corrected chi connectivity index (χ1v) is 8.38. The van der Waals surface area contributed by atoms with Crippen molar-refractivity contribution in [3.63, 3.8) is 0 Å². The van der Waals surface area contributed by atoms with Crippen LogP contribution in [0.5, 0.6) is 0 Å². The van der Waals surface area contributed by atoms with Crippen LogP contribution in [0.3, 0.4) is 0 Å². The van der Waals surface area contributed by atoms with Crippen molar-refractivity contribution in [1.82, 2.24) is 15.1 Å². The molecule has 0 aliphatic rings. The van der Waals surface area contributed by atoms with Crippen molar-refractivity contribution in [2.45, 2.75) is 27.3 Å². The van der Waals surface area contributed by atoms with E-state index in [0.717, 1.165) is 23.5 Å². The van der Waals surface area contributed by atoms with E-state index in [0.29, 0.717) is 13.1 Å². The maximum Gasteiger partial charge on any atom is 0.338 e. The van der Waals surface area contributed by atoms with Crippen molar-refractivity contribution in [2.75, 3.05) is 13.7 Å². The second-order valence-corrected chi connectivity index (χ2v) is 6.44. The summed E-state index contributed by atoms with van der Waals surface area (Å²) in [5.74, 6) is -1.15. The molecule has 1 unspecified atom stereocenters. The monoisotopic (exact) mass is 374 g/mol. The molecule has 2 aromatic rings. The summed E-state index contributed by atoms with van der Waals surface area (Å²) < 4.78 is 6.45. The first kappa shape index (κ1) is 20.1. The Bertz CT molecular complexity index is 875. The minimum Gasteiger partial charge on any atom is -0.465 e. The predicted octanol–water partition coefficient (Wildman–Crippen LogP) is 2.26. The van der Waals surface area contributed by atoms with Gasteiger partial charge < -0.3 is 10.1 Å². The number of non-ortho nitro benzene ring substituents is 1. The number of ether oxygens (including phenoxy) is 1. The molecule has 144 valence electrons. The zero-order valence-corrected chi connectivity index (χ0v) is 15.7. The summed E-state index contributed by atoms with van der Waals surface area (Å²) in [6.45, 7) is 6.82. The topological polar surface area (TPSA) is 116 Å². The van der Waals surface area contributed by atoms with E-state index in [1.54, 1.807) is 0 Å². The van der Waals surface area contributed by atoms with E-state index in [9.17, 15) is 19.7 Å². The van der Waals surface area contributed by atoms with Gasteiger partial charge in [0.25, 0.3) is 11.6 Å². The van der Waals surface area contributed by atoms with Crippen LogP contribution in [-0.4, -0.2) is 40.2 Å². The predicted molar refractivity (Wildman–Crippen MR) is 97.6 cm³/mol. The summed E-state index contributed by atoms with van der Waals surface area (Å²) in [4.78, 5) is 34.5. The Kier molecular flexibility index (Phi) is 6.27. The quantitative estimate of drug-likeness (QED) is 0.451. The maximum absolute atomic E-state index is 12.4.